The largest absolute Gasteiger partial charge is 0.341 e. The van der Waals surface area contributed by atoms with E-state index in [0.717, 1.165) is 19.6 Å². The van der Waals surface area contributed by atoms with Crippen molar-refractivity contribution in [1.82, 2.24) is 10.2 Å². The molecule has 13 heavy (non-hydrogen) atoms. The molecule has 1 rings (SSSR count). The molecule has 0 saturated carbocycles. The lowest BCUT2D eigenvalue weighted by Gasteiger charge is -2.28. The van der Waals surface area contributed by atoms with Gasteiger partial charge in [-0.2, -0.15) is 0 Å². The minimum atomic E-state index is 0. The second-order valence-electron chi connectivity index (χ2n) is 4.18. The first kappa shape index (κ1) is 12.7. The zero-order chi connectivity index (χ0) is 9.19. The quantitative estimate of drug-likeness (QED) is 0.691. The number of carbonyl (C=O) groups excluding carboxylic acids is 1. The molecule has 0 aromatic heterocycles. The second kappa shape index (κ2) is 4.82. The number of nitrogens with zero attached hydrogens (tertiary/aromatic N) is 1. The lowest BCUT2D eigenvalue weighted by atomic mass is 9.93. The normalized spacial score (nSPS) is 22.1. The molecular formula is C9H19ClN2O. The molecule has 1 aliphatic rings. The Bertz CT molecular complexity index is 182. The summed E-state index contributed by atoms with van der Waals surface area (Å²) in [7, 11) is 0. The SMILES string of the molecule is CCN1CC(C)(C)CNCC1=O.Cl. The Morgan fingerprint density at radius 2 is 2.15 bits per heavy atom. The van der Waals surface area contributed by atoms with E-state index in [0.29, 0.717) is 6.54 Å². The fourth-order valence-electron chi connectivity index (χ4n) is 1.57. The molecule has 0 aromatic rings. The third-order valence-electron chi connectivity index (χ3n) is 2.23. The highest BCUT2D eigenvalue weighted by Gasteiger charge is 2.26. The van der Waals surface area contributed by atoms with E-state index in [2.05, 4.69) is 19.2 Å². The summed E-state index contributed by atoms with van der Waals surface area (Å²) in [6, 6.07) is 0. The van der Waals surface area contributed by atoms with Crippen LogP contribution in [0, 0.1) is 5.41 Å². The maximum absolute atomic E-state index is 11.4. The van der Waals surface area contributed by atoms with E-state index in [-0.39, 0.29) is 23.7 Å². The van der Waals surface area contributed by atoms with Crippen LogP contribution in [0.5, 0.6) is 0 Å². The van der Waals surface area contributed by atoms with Crippen molar-refractivity contribution in [2.24, 2.45) is 5.41 Å². The molecule has 1 amide bonds. The van der Waals surface area contributed by atoms with Gasteiger partial charge in [-0.15, -0.1) is 12.4 Å². The van der Waals surface area contributed by atoms with Crippen LogP contribution in [-0.4, -0.2) is 37.0 Å². The van der Waals surface area contributed by atoms with E-state index < -0.39 is 0 Å². The average molecular weight is 207 g/mol. The van der Waals surface area contributed by atoms with Crippen molar-refractivity contribution < 1.29 is 4.79 Å². The Kier molecular flexibility index (Phi) is 4.71. The van der Waals surface area contributed by atoms with Crippen LogP contribution in [0.2, 0.25) is 0 Å². The predicted molar refractivity (Wildman–Crippen MR) is 56.2 cm³/mol. The van der Waals surface area contributed by atoms with Gasteiger partial charge in [-0.3, -0.25) is 4.79 Å². The van der Waals surface area contributed by atoms with Crippen molar-refractivity contribution in [2.75, 3.05) is 26.2 Å². The van der Waals surface area contributed by atoms with E-state index in [1.165, 1.54) is 0 Å². The Hall–Kier alpha value is -0.280. The lowest BCUT2D eigenvalue weighted by Crippen LogP contribution is -2.37. The van der Waals surface area contributed by atoms with Crippen LogP contribution in [-0.2, 0) is 4.79 Å². The van der Waals surface area contributed by atoms with E-state index in [9.17, 15) is 4.79 Å². The molecule has 1 saturated heterocycles. The number of rotatable bonds is 1. The number of hydrogen-bond acceptors (Lipinski definition) is 2. The van der Waals surface area contributed by atoms with Crippen molar-refractivity contribution >= 4 is 18.3 Å². The Morgan fingerprint density at radius 3 is 2.69 bits per heavy atom. The first-order valence-corrected chi connectivity index (χ1v) is 4.54. The molecule has 0 radical (unpaired) electrons. The smallest absolute Gasteiger partial charge is 0.236 e. The summed E-state index contributed by atoms with van der Waals surface area (Å²) in [5, 5.41) is 3.16. The molecule has 0 unspecified atom stereocenters. The van der Waals surface area contributed by atoms with Gasteiger partial charge in [0.25, 0.3) is 0 Å². The molecule has 0 aliphatic carbocycles. The molecule has 0 spiro atoms. The second-order valence-corrected chi connectivity index (χ2v) is 4.18. The molecule has 1 heterocycles. The first-order chi connectivity index (χ1) is 5.55. The van der Waals surface area contributed by atoms with E-state index in [1.807, 2.05) is 11.8 Å². The Balaban J connectivity index is 0.00000144. The minimum absolute atomic E-state index is 0. The molecule has 0 aromatic carbocycles. The van der Waals surface area contributed by atoms with Gasteiger partial charge < -0.3 is 10.2 Å². The van der Waals surface area contributed by atoms with Crippen molar-refractivity contribution in [3.8, 4) is 0 Å². The van der Waals surface area contributed by atoms with Gasteiger partial charge in [0.05, 0.1) is 6.54 Å². The number of likely N-dealkylation sites (N-methyl/N-ethyl adjacent to an activating group) is 1. The summed E-state index contributed by atoms with van der Waals surface area (Å²) >= 11 is 0. The third kappa shape index (κ3) is 3.53. The predicted octanol–water partition coefficient (Wildman–Crippen LogP) is 0.886. The van der Waals surface area contributed by atoms with Gasteiger partial charge in [-0.1, -0.05) is 13.8 Å². The molecule has 1 fully saturated rings. The standard InChI is InChI=1S/C9H18N2O.ClH/c1-4-11-7-9(2,3)6-10-5-8(11)12;/h10H,4-7H2,1-3H3;1H. The van der Waals surface area contributed by atoms with Crippen LogP contribution in [0.3, 0.4) is 0 Å². The van der Waals surface area contributed by atoms with Gasteiger partial charge >= 0.3 is 0 Å². The van der Waals surface area contributed by atoms with Gasteiger partial charge in [0, 0.05) is 19.6 Å². The minimum Gasteiger partial charge on any atom is -0.341 e. The number of halogens is 1. The fourth-order valence-corrected chi connectivity index (χ4v) is 1.57. The number of nitrogens with one attached hydrogen (secondary N) is 1. The maximum Gasteiger partial charge on any atom is 0.236 e. The average Bonchev–Trinajstić information content (AvgIpc) is 2.10. The van der Waals surface area contributed by atoms with Crippen LogP contribution in [0.25, 0.3) is 0 Å². The highest BCUT2D eigenvalue weighted by molar-refractivity contribution is 5.85. The highest BCUT2D eigenvalue weighted by atomic mass is 35.5. The van der Waals surface area contributed by atoms with Crippen LogP contribution >= 0.6 is 12.4 Å². The molecule has 1 N–H and O–H groups in total. The van der Waals surface area contributed by atoms with E-state index in [1.54, 1.807) is 0 Å². The summed E-state index contributed by atoms with van der Waals surface area (Å²) < 4.78 is 0. The van der Waals surface area contributed by atoms with E-state index in [4.69, 9.17) is 0 Å². The van der Waals surface area contributed by atoms with Gasteiger partial charge in [0.2, 0.25) is 5.91 Å². The van der Waals surface area contributed by atoms with Crippen molar-refractivity contribution in [3.05, 3.63) is 0 Å². The highest BCUT2D eigenvalue weighted by Crippen LogP contribution is 2.17. The van der Waals surface area contributed by atoms with Crippen LogP contribution in [0.15, 0.2) is 0 Å². The third-order valence-corrected chi connectivity index (χ3v) is 2.23. The van der Waals surface area contributed by atoms with Crippen molar-refractivity contribution in [1.29, 1.82) is 0 Å². The van der Waals surface area contributed by atoms with Crippen molar-refractivity contribution in [2.45, 2.75) is 20.8 Å². The molecule has 0 bridgehead atoms. The molecule has 3 nitrogen and oxygen atoms in total. The molecule has 4 heteroatoms. The summed E-state index contributed by atoms with van der Waals surface area (Å²) in [5.41, 5.74) is 0.210. The number of hydrogen-bond donors (Lipinski definition) is 1. The van der Waals surface area contributed by atoms with Crippen LogP contribution in [0.4, 0.5) is 0 Å². The fraction of sp³-hybridized carbons (Fsp3) is 0.889. The number of amides is 1. The lowest BCUT2D eigenvalue weighted by molar-refractivity contribution is -0.130. The van der Waals surface area contributed by atoms with Gasteiger partial charge in [0.15, 0.2) is 0 Å². The molecule has 0 atom stereocenters. The Morgan fingerprint density at radius 1 is 1.54 bits per heavy atom. The Labute approximate surface area is 86.3 Å². The summed E-state index contributed by atoms with van der Waals surface area (Å²) in [5.74, 6) is 0.225. The summed E-state index contributed by atoms with van der Waals surface area (Å²) in [4.78, 5) is 13.3. The zero-order valence-electron chi connectivity index (χ0n) is 8.59. The van der Waals surface area contributed by atoms with Crippen LogP contribution < -0.4 is 5.32 Å². The number of carbonyl (C=O) groups is 1. The first-order valence-electron chi connectivity index (χ1n) is 4.54. The topological polar surface area (TPSA) is 32.3 Å². The molecule has 78 valence electrons. The van der Waals surface area contributed by atoms with Crippen molar-refractivity contribution in [3.63, 3.8) is 0 Å². The van der Waals surface area contributed by atoms with Crippen LogP contribution in [0.1, 0.15) is 20.8 Å². The molecular weight excluding hydrogens is 188 g/mol. The van der Waals surface area contributed by atoms with E-state index >= 15 is 0 Å². The summed E-state index contributed by atoms with van der Waals surface area (Å²) in [6.45, 7) is 9.51. The zero-order valence-corrected chi connectivity index (χ0v) is 9.41. The summed E-state index contributed by atoms with van der Waals surface area (Å²) in [6.07, 6.45) is 0. The van der Waals surface area contributed by atoms with Gasteiger partial charge in [-0.05, 0) is 12.3 Å². The van der Waals surface area contributed by atoms with Gasteiger partial charge in [0.1, 0.15) is 0 Å². The maximum atomic E-state index is 11.4. The molecule has 1 aliphatic heterocycles. The van der Waals surface area contributed by atoms with Gasteiger partial charge in [-0.25, -0.2) is 0 Å². The monoisotopic (exact) mass is 206 g/mol.